The molecule has 1 atom stereocenters. The van der Waals surface area contributed by atoms with Crippen molar-refractivity contribution in [1.82, 2.24) is 19.8 Å². The number of fused-ring (bicyclic) bond motifs is 2. The maximum absolute atomic E-state index is 15.6. The molecule has 1 amide bonds. The van der Waals surface area contributed by atoms with Crippen molar-refractivity contribution in [1.29, 1.82) is 0 Å². The molecule has 3 heterocycles. The Kier molecular flexibility index (Phi) is 9.21. The summed E-state index contributed by atoms with van der Waals surface area (Å²) in [6.07, 6.45) is 3.54. The average Bonchev–Trinajstić information content (AvgIpc) is 3.44. The molecule has 1 unspecified atom stereocenters. The van der Waals surface area contributed by atoms with Gasteiger partial charge in [-0.3, -0.25) is 9.59 Å². The number of rotatable bonds is 11. The van der Waals surface area contributed by atoms with Crippen LogP contribution < -0.4 is 14.8 Å². The van der Waals surface area contributed by atoms with E-state index in [0.29, 0.717) is 64.0 Å². The highest BCUT2D eigenvalue weighted by molar-refractivity contribution is 6.02. The van der Waals surface area contributed by atoms with Gasteiger partial charge < -0.3 is 24.6 Å². The second-order valence-corrected chi connectivity index (χ2v) is 12.8. The maximum atomic E-state index is 15.6. The van der Waals surface area contributed by atoms with Crippen molar-refractivity contribution in [3.05, 3.63) is 119 Å². The fourth-order valence-electron chi connectivity index (χ4n) is 6.73. The lowest BCUT2D eigenvalue weighted by Gasteiger charge is -2.28. The number of ether oxygens (including phenoxy) is 2. The van der Waals surface area contributed by atoms with Crippen LogP contribution in [-0.4, -0.2) is 65.3 Å². The Bertz CT molecular complexity index is 2000. The van der Waals surface area contributed by atoms with Gasteiger partial charge in [0.15, 0.2) is 17.3 Å². The number of carbonyl (C=O) groups excluding carboxylic acids is 2. The molecule has 1 fully saturated rings. The minimum atomic E-state index is -0.803. The van der Waals surface area contributed by atoms with E-state index in [1.165, 1.54) is 12.4 Å². The molecule has 49 heavy (non-hydrogen) atoms. The van der Waals surface area contributed by atoms with Crippen molar-refractivity contribution in [2.24, 2.45) is 5.92 Å². The first-order valence-electron chi connectivity index (χ1n) is 16.5. The van der Waals surface area contributed by atoms with Crippen LogP contribution in [0.5, 0.6) is 11.5 Å². The highest BCUT2D eigenvalue weighted by Crippen LogP contribution is 2.36. The number of piperidine rings is 1. The van der Waals surface area contributed by atoms with E-state index < -0.39 is 11.9 Å². The van der Waals surface area contributed by atoms with Crippen LogP contribution >= 0.6 is 0 Å². The maximum Gasteiger partial charge on any atom is 0.255 e. The molecule has 250 valence electrons. The van der Waals surface area contributed by atoms with Gasteiger partial charge in [0.1, 0.15) is 24.0 Å². The van der Waals surface area contributed by atoms with Crippen molar-refractivity contribution in [2.75, 3.05) is 39.2 Å². The SMILES string of the molecule is COc1cc2c(Nc3ccc(CC(=O)C(c4ccccc4)N4Cc5ccccc5C4=O)cc3F)ncnc2cc1OCC1CCN(C)CC1. The van der Waals surface area contributed by atoms with E-state index >= 15 is 4.39 Å². The van der Waals surface area contributed by atoms with Crippen LogP contribution in [-0.2, 0) is 17.8 Å². The van der Waals surface area contributed by atoms with E-state index in [9.17, 15) is 9.59 Å². The number of amides is 1. The summed E-state index contributed by atoms with van der Waals surface area (Å²) in [5, 5.41) is 3.74. The van der Waals surface area contributed by atoms with Crippen molar-refractivity contribution in [3.8, 4) is 11.5 Å². The van der Waals surface area contributed by atoms with Gasteiger partial charge in [-0.2, -0.15) is 0 Å². The minimum Gasteiger partial charge on any atom is -0.493 e. The second-order valence-electron chi connectivity index (χ2n) is 12.8. The van der Waals surface area contributed by atoms with Crippen LogP contribution in [0, 0.1) is 11.7 Å². The van der Waals surface area contributed by atoms with Crippen molar-refractivity contribution in [3.63, 3.8) is 0 Å². The van der Waals surface area contributed by atoms with Crippen LogP contribution in [0.25, 0.3) is 10.9 Å². The minimum absolute atomic E-state index is 0.0507. The van der Waals surface area contributed by atoms with Crippen LogP contribution in [0.3, 0.4) is 0 Å². The fourth-order valence-corrected chi connectivity index (χ4v) is 6.73. The number of halogens is 1. The van der Waals surface area contributed by atoms with E-state index in [1.54, 1.807) is 36.3 Å². The van der Waals surface area contributed by atoms with Gasteiger partial charge in [0.25, 0.3) is 5.91 Å². The second kappa shape index (κ2) is 14.0. The molecule has 0 spiro atoms. The van der Waals surface area contributed by atoms with Gasteiger partial charge >= 0.3 is 0 Å². The molecule has 1 saturated heterocycles. The highest BCUT2D eigenvalue weighted by Gasteiger charge is 2.37. The van der Waals surface area contributed by atoms with Crippen LogP contribution in [0.2, 0.25) is 0 Å². The van der Waals surface area contributed by atoms with Gasteiger partial charge in [0.05, 0.1) is 24.9 Å². The Morgan fingerprint density at radius 3 is 2.51 bits per heavy atom. The molecule has 0 bridgehead atoms. The quantitative estimate of drug-likeness (QED) is 0.166. The summed E-state index contributed by atoms with van der Waals surface area (Å²) in [6, 6.07) is 24.1. The Hall–Kier alpha value is -5.35. The number of benzene rings is 4. The molecule has 5 aromatic rings. The van der Waals surface area contributed by atoms with Crippen molar-refractivity contribution in [2.45, 2.75) is 31.8 Å². The van der Waals surface area contributed by atoms with E-state index in [4.69, 9.17) is 9.47 Å². The lowest BCUT2D eigenvalue weighted by atomic mass is 9.96. The summed E-state index contributed by atoms with van der Waals surface area (Å²) < 4.78 is 27.5. The lowest BCUT2D eigenvalue weighted by molar-refractivity contribution is -0.123. The largest absolute Gasteiger partial charge is 0.493 e. The molecule has 2 aliphatic heterocycles. The molecule has 0 saturated carbocycles. The zero-order valence-electron chi connectivity index (χ0n) is 27.6. The number of likely N-dealkylation sites (tertiary alicyclic amines) is 1. The monoisotopic (exact) mass is 659 g/mol. The molecular formula is C39H38FN5O4. The molecule has 2 aliphatic rings. The molecule has 7 rings (SSSR count). The molecule has 10 heteroatoms. The molecule has 1 N–H and O–H groups in total. The zero-order chi connectivity index (χ0) is 33.9. The Labute approximate surface area is 284 Å². The highest BCUT2D eigenvalue weighted by atomic mass is 19.1. The predicted octanol–water partition coefficient (Wildman–Crippen LogP) is 6.75. The van der Waals surface area contributed by atoms with Crippen LogP contribution in [0.4, 0.5) is 15.9 Å². The lowest BCUT2D eigenvalue weighted by Crippen LogP contribution is -2.35. The number of anilines is 2. The van der Waals surface area contributed by atoms with E-state index in [0.717, 1.165) is 31.5 Å². The molecule has 1 aromatic heterocycles. The number of hydrogen-bond acceptors (Lipinski definition) is 8. The number of nitrogens with zero attached hydrogens (tertiary/aromatic N) is 4. The van der Waals surface area contributed by atoms with Gasteiger partial charge in [0, 0.05) is 30.0 Å². The summed E-state index contributed by atoms with van der Waals surface area (Å²) in [6.45, 7) is 3.05. The predicted molar refractivity (Wildman–Crippen MR) is 186 cm³/mol. The Morgan fingerprint density at radius 2 is 1.76 bits per heavy atom. The third kappa shape index (κ3) is 6.82. The van der Waals surface area contributed by atoms with E-state index in [-0.39, 0.29) is 23.8 Å². The number of ketones is 1. The third-order valence-electron chi connectivity index (χ3n) is 9.48. The number of nitrogens with one attached hydrogen (secondary N) is 1. The third-order valence-corrected chi connectivity index (χ3v) is 9.48. The number of aromatic nitrogens is 2. The smallest absolute Gasteiger partial charge is 0.255 e. The first-order valence-corrected chi connectivity index (χ1v) is 16.5. The Morgan fingerprint density at radius 1 is 0.980 bits per heavy atom. The van der Waals surface area contributed by atoms with Crippen molar-refractivity contribution < 1.29 is 23.5 Å². The molecule has 4 aromatic carbocycles. The molecule has 9 nitrogen and oxygen atoms in total. The van der Waals surface area contributed by atoms with Gasteiger partial charge in [-0.05, 0) is 79.9 Å². The van der Waals surface area contributed by atoms with Crippen LogP contribution in [0.1, 0.15) is 45.9 Å². The number of carbonyl (C=O) groups is 2. The summed E-state index contributed by atoms with van der Waals surface area (Å²) >= 11 is 0. The van der Waals surface area contributed by atoms with Crippen molar-refractivity contribution >= 4 is 34.1 Å². The molecule has 0 radical (unpaired) electrons. The van der Waals surface area contributed by atoms with Gasteiger partial charge in [-0.15, -0.1) is 0 Å². The summed E-state index contributed by atoms with van der Waals surface area (Å²) in [5.41, 5.74) is 3.53. The number of methoxy groups -OCH3 is 1. The first-order chi connectivity index (χ1) is 23.9. The molecule has 0 aliphatic carbocycles. The average molecular weight is 660 g/mol. The summed E-state index contributed by atoms with van der Waals surface area (Å²) in [4.78, 5) is 40.0. The van der Waals surface area contributed by atoms with E-state index in [1.807, 2.05) is 54.6 Å². The Balaban J connectivity index is 1.08. The van der Waals surface area contributed by atoms with Gasteiger partial charge in [-0.25, -0.2) is 14.4 Å². The number of Topliss-reactive ketones (excluding diaryl/α,β-unsaturated/α-hetero) is 1. The summed E-state index contributed by atoms with van der Waals surface area (Å²) in [5.74, 6) is 1.10. The zero-order valence-corrected chi connectivity index (χ0v) is 27.6. The van der Waals surface area contributed by atoms with Gasteiger partial charge in [-0.1, -0.05) is 54.6 Å². The number of hydrogen-bond donors (Lipinski definition) is 1. The molecular weight excluding hydrogens is 621 g/mol. The van der Waals surface area contributed by atoms with Gasteiger partial charge in [0.2, 0.25) is 0 Å². The fraction of sp³-hybridized carbons (Fsp3) is 0.282. The first kappa shape index (κ1) is 32.2. The topological polar surface area (TPSA) is 96.9 Å². The summed E-state index contributed by atoms with van der Waals surface area (Å²) in [7, 11) is 3.72. The van der Waals surface area contributed by atoms with Crippen LogP contribution in [0.15, 0.2) is 91.3 Å². The van der Waals surface area contributed by atoms with E-state index in [2.05, 4.69) is 27.2 Å². The standard InChI is InChI=1S/C39H38FN5O4/c1-44-16-14-25(15-17-44)23-49-36-21-33-30(20-35(36)48-2)38(42-24-41-33)43-32-13-12-26(18-31(32)40)19-34(46)37(27-8-4-3-5-9-27)45-22-28-10-6-7-11-29(28)39(45)47/h3-13,18,20-21,24-25,37H,14-17,19,22-23H2,1-2H3,(H,41,42,43). The normalized spacial score (nSPS) is 15.7.